The Hall–Kier alpha value is -2.85. The Morgan fingerprint density at radius 1 is 1.11 bits per heavy atom. The molecule has 5 rings (SSSR count). The Labute approximate surface area is 206 Å². The van der Waals surface area contributed by atoms with Crippen molar-refractivity contribution in [3.63, 3.8) is 0 Å². The third kappa shape index (κ3) is 4.23. The third-order valence-electron chi connectivity index (χ3n) is 7.40. The second kappa shape index (κ2) is 9.31. The Bertz CT molecular complexity index is 1220. The van der Waals surface area contributed by atoms with Crippen molar-refractivity contribution in [2.45, 2.75) is 61.3 Å². The molecule has 1 unspecified atom stereocenters. The van der Waals surface area contributed by atoms with Crippen LogP contribution in [0.1, 0.15) is 39.0 Å². The normalized spacial score (nSPS) is 21.5. The van der Waals surface area contributed by atoms with E-state index in [0.717, 1.165) is 30.8 Å². The molecule has 0 radical (unpaired) electrons. The Balaban J connectivity index is 1.51. The van der Waals surface area contributed by atoms with Crippen LogP contribution in [0.5, 0.6) is 5.75 Å². The van der Waals surface area contributed by atoms with Crippen LogP contribution in [-0.4, -0.2) is 64.0 Å². The van der Waals surface area contributed by atoms with Gasteiger partial charge in [-0.1, -0.05) is 6.42 Å². The van der Waals surface area contributed by atoms with Crippen molar-refractivity contribution in [3.8, 4) is 5.75 Å². The summed E-state index contributed by atoms with van der Waals surface area (Å²) in [4.78, 5) is 21.9. The molecular weight excluding hydrogens is 468 g/mol. The lowest BCUT2D eigenvalue weighted by Crippen LogP contribution is -2.56. The molecule has 1 atom stereocenters. The van der Waals surface area contributed by atoms with Crippen LogP contribution in [0.15, 0.2) is 35.2 Å². The summed E-state index contributed by atoms with van der Waals surface area (Å²) in [5, 5.41) is 2.96. The number of likely N-dealkylation sites (N-methyl/N-ethyl adjacent to an activating group) is 1. The van der Waals surface area contributed by atoms with Gasteiger partial charge in [0, 0.05) is 26.3 Å². The predicted molar refractivity (Wildman–Crippen MR) is 135 cm³/mol. The smallest absolute Gasteiger partial charge is 0.249 e. The summed E-state index contributed by atoms with van der Waals surface area (Å²) >= 11 is 0. The molecule has 35 heavy (non-hydrogen) atoms. The van der Waals surface area contributed by atoms with E-state index in [1.165, 1.54) is 0 Å². The molecule has 9 nitrogen and oxygen atoms in total. The zero-order valence-electron chi connectivity index (χ0n) is 20.4. The lowest BCUT2D eigenvalue weighted by Gasteiger charge is -2.44. The first kappa shape index (κ1) is 23.9. The van der Waals surface area contributed by atoms with E-state index < -0.39 is 9.84 Å². The number of fused-ring (bicyclic) bond motifs is 1. The molecule has 1 saturated carbocycles. The van der Waals surface area contributed by atoms with Gasteiger partial charge in [-0.2, -0.15) is 0 Å². The van der Waals surface area contributed by atoms with Gasteiger partial charge in [-0.3, -0.25) is 4.79 Å². The minimum atomic E-state index is -3.38. The van der Waals surface area contributed by atoms with E-state index in [2.05, 4.69) is 10.2 Å². The third-order valence-corrected chi connectivity index (χ3v) is 9.66. The number of carbonyl (C=O) groups is 1. The van der Waals surface area contributed by atoms with E-state index in [1.54, 1.807) is 43.3 Å². The standard InChI is InChI=1S/C25H32N4O5S/c1-16-25(30)28(2)21-8-10-23(27-24(21)29(16)17-11-13-34-14-12-17)26-20-15-19(7-9-22(20)33-3)35(31,32)18-5-4-6-18/h7-10,15-18H,4-6,11-14H2,1-3H3,(H,26,27). The van der Waals surface area contributed by atoms with Gasteiger partial charge in [-0.25, -0.2) is 13.4 Å². The van der Waals surface area contributed by atoms with Gasteiger partial charge in [0.25, 0.3) is 0 Å². The molecule has 3 heterocycles. The van der Waals surface area contributed by atoms with Crippen molar-refractivity contribution in [1.82, 2.24) is 4.98 Å². The quantitative estimate of drug-likeness (QED) is 0.643. The van der Waals surface area contributed by atoms with Crippen LogP contribution in [0.3, 0.4) is 0 Å². The number of nitrogens with one attached hydrogen (secondary N) is 1. The molecule has 1 aliphatic carbocycles. The number of hydrogen-bond donors (Lipinski definition) is 1. The van der Waals surface area contributed by atoms with E-state index in [9.17, 15) is 13.2 Å². The van der Waals surface area contributed by atoms with Gasteiger partial charge in [-0.05, 0) is 62.9 Å². The second-order valence-electron chi connectivity index (χ2n) is 9.45. The molecule has 1 N–H and O–H groups in total. The molecule has 1 amide bonds. The van der Waals surface area contributed by atoms with Gasteiger partial charge >= 0.3 is 0 Å². The van der Waals surface area contributed by atoms with Gasteiger partial charge in [0.15, 0.2) is 15.7 Å². The van der Waals surface area contributed by atoms with Crippen molar-refractivity contribution in [3.05, 3.63) is 30.3 Å². The first-order valence-electron chi connectivity index (χ1n) is 12.1. The average molecular weight is 501 g/mol. The fourth-order valence-corrected chi connectivity index (χ4v) is 6.97. The molecule has 10 heteroatoms. The molecule has 0 bridgehead atoms. The van der Waals surface area contributed by atoms with E-state index in [4.69, 9.17) is 14.5 Å². The van der Waals surface area contributed by atoms with Gasteiger partial charge < -0.3 is 24.6 Å². The average Bonchev–Trinajstić information content (AvgIpc) is 2.82. The lowest BCUT2D eigenvalue weighted by molar-refractivity contribution is -0.119. The summed E-state index contributed by atoms with van der Waals surface area (Å²) in [6.45, 7) is 3.23. The van der Waals surface area contributed by atoms with Gasteiger partial charge in [0.1, 0.15) is 17.6 Å². The van der Waals surface area contributed by atoms with E-state index in [0.29, 0.717) is 43.3 Å². The molecule has 1 aromatic heterocycles. The number of sulfone groups is 1. The topological polar surface area (TPSA) is 101 Å². The van der Waals surface area contributed by atoms with Crippen LogP contribution in [0.25, 0.3) is 0 Å². The molecule has 1 saturated heterocycles. The summed E-state index contributed by atoms with van der Waals surface area (Å²) in [5.74, 6) is 1.84. The van der Waals surface area contributed by atoms with Crippen molar-refractivity contribution in [2.75, 3.05) is 42.5 Å². The highest BCUT2D eigenvalue weighted by molar-refractivity contribution is 7.92. The maximum Gasteiger partial charge on any atom is 0.249 e. The number of aromatic nitrogens is 1. The van der Waals surface area contributed by atoms with Crippen molar-refractivity contribution in [2.24, 2.45) is 0 Å². The molecule has 0 spiro atoms. The van der Waals surface area contributed by atoms with Gasteiger partial charge in [0.2, 0.25) is 5.91 Å². The maximum absolute atomic E-state index is 13.0. The molecule has 2 aromatic rings. The van der Waals surface area contributed by atoms with Crippen molar-refractivity contribution < 1.29 is 22.7 Å². The van der Waals surface area contributed by atoms with E-state index in [-0.39, 0.29) is 28.1 Å². The summed E-state index contributed by atoms with van der Waals surface area (Å²) in [7, 11) is -0.0595. The van der Waals surface area contributed by atoms with Crippen LogP contribution < -0.4 is 19.9 Å². The number of rotatable bonds is 6. The van der Waals surface area contributed by atoms with Crippen LogP contribution >= 0.6 is 0 Å². The second-order valence-corrected chi connectivity index (χ2v) is 11.7. The number of benzene rings is 1. The monoisotopic (exact) mass is 500 g/mol. The van der Waals surface area contributed by atoms with Gasteiger partial charge in [-0.15, -0.1) is 0 Å². The summed E-state index contributed by atoms with van der Waals surface area (Å²) in [6.07, 6.45) is 4.01. The number of pyridine rings is 1. The predicted octanol–water partition coefficient (Wildman–Crippen LogP) is 3.51. The molecule has 3 aliphatic rings. The zero-order valence-corrected chi connectivity index (χ0v) is 21.2. The number of anilines is 4. The molecule has 188 valence electrons. The molecule has 2 fully saturated rings. The van der Waals surface area contributed by atoms with Crippen molar-refractivity contribution >= 4 is 38.8 Å². The van der Waals surface area contributed by atoms with E-state index >= 15 is 0 Å². The SMILES string of the molecule is COc1ccc(S(=O)(=O)C2CCC2)cc1Nc1ccc2c(n1)N(C1CCOCC1)C(C)C(=O)N2C. The zero-order chi connectivity index (χ0) is 24.7. The van der Waals surface area contributed by atoms with Crippen LogP contribution in [0.4, 0.5) is 23.0 Å². The fraction of sp³-hybridized carbons (Fsp3) is 0.520. The summed E-state index contributed by atoms with van der Waals surface area (Å²) < 4.78 is 37.0. The fourth-order valence-electron chi connectivity index (χ4n) is 5.09. The minimum absolute atomic E-state index is 0.0297. The molecular formula is C25H32N4O5S. The number of hydrogen-bond acceptors (Lipinski definition) is 8. The highest BCUT2D eigenvalue weighted by atomic mass is 32.2. The number of methoxy groups -OCH3 is 1. The Morgan fingerprint density at radius 2 is 1.86 bits per heavy atom. The van der Waals surface area contributed by atoms with Crippen LogP contribution in [0.2, 0.25) is 0 Å². The summed E-state index contributed by atoms with van der Waals surface area (Å²) in [6, 6.07) is 8.40. The highest BCUT2D eigenvalue weighted by Gasteiger charge is 2.39. The molecule has 1 aromatic carbocycles. The van der Waals surface area contributed by atoms with Gasteiger partial charge in [0.05, 0.1) is 28.6 Å². The summed E-state index contributed by atoms with van der Waals surface area (Å²) in [5.41, 5.74) is 1.28. The number of carbonyl (C=O) groups excluding carboxylic acids is 1. The first-order valence-corrected chi connectivity index (χ1v) is 13.7. The highest BCUT2D eigenvalue weighted by Crippen LogP contribution is 2.40. The van der Waals surface area contributed by atoms with E-state index in [1.807, 2.05) is 13.0 Å². The van der Waals surface area contributed by atoms with Crippen molar-refractivity contribution in [1.29, 1.82) is 0 Å². The van der Waals surface area contributed by atoms with Crippen LogP contribution in [-0.2, 0) is 19.4 Å². The number of amides is 1. The lowest BCUT2D eigenvalue weighted by atomic mass is 10.00. The minimum Gasteiger partial charge on any atom is -0.495 e. The Morgan fingerprint density at radius 3 is 2.51 bits per heavy atom. The maximum atomic E-state index is 13.0. The first-order chi connectivity index (χ1) is 16.8. The molecule has 2 aliphatic heterocycles. The number of ether oxygens (including phenoxy) is 2. The Kier molecular flexibility index (Phi) is 6.35. The number of nitrogens with zero attached hydrogens (tertiary/aromatic N) is 3. The largest absolute Gasteiger partial charge is 0.495 e. The van der Waals surface area contributed by atoms with Crippen LogP contribution in [0, 0.1) is 0 Å².